The fourth-order valence-electron chi connectivity index (χ4n) is 3.56. The molecule has 0 saturated carbocycles. The monoisotopic (exact) mass is 507 g/mol. The van der Waals surface area contributed by atoms with Crippen LogP contribution in [0, 0.1) is 0 Å². The van der Waals surface area contributed by atoms with Crippen molar-refractivity contribution in [3.8, 4) is 5.75 Å². The van der Waals surface area contributed by atoms with Crippen LogP contribution in [0.5, 0.6) is 5.75 Å². The number of Topliss-reactive ketones (excluding diaryl/α,β-unsaturated/α-hetero) is 1. The third-order valence-electron chi connectivity index (χ3n) is 4.98. The predicted molar refractivity (Wildman–Crippen MR) is 122 cm³/mol. The van der Waals surface area contributed by atoms with Crippen molar-refractivity contribution >= 4 is 45.0 Å². The van der Waals surface area contributed by atoms with Gasteiger partial charge in [-0.05, 0) is 49.2 Å². The molecule has 0 unspecified atom stereocenters. The van der Waals surface area contributed by atoms with Crippen LogP contribution in [0.4, 0.5) is 0 Å². The number of ketones is 1. The molecule has 164 valence electrons. The van der Waals surface area contributed by atoms with E-state index in [0.29, 0.717) is 42.5 Å². The smallest absolute Gasteiger partial charge is 0.295 e. The van der Waals surface area contributed by atoms with Crippen LogP contribution in [0.25, 0.3) is 5.76 Å². The number of benzene rings is 2. The molecule has 0 radical (unpaired) electrons. The van der Waals surface area contributed by atoms with Crippen LogP contribution in [0.3, 0.4) is 0 Å². The summed E-state index contributed by atoms with van der Waals surface area (Å²) >= 11 is 9.67. The highest BCUT2D eigenvalue weighted by Gasteiger charge is 2.45. The Morgan fingerprint density at radius 3 is 2.52 bits per heavy atom. The Labute approximate surface area is 194 Å². The lowest BCUT2D eigenvalue weighted by molar-refractivity contribution is -0.140. The van der Waals surface area contributed by atoms with E-state index in [9.17, 15) is 14.7 Å². The van der Waals surface area contributed by atoms with Gasteiger partial charge in [-0.3, -0.25) is 9.59 Å². The highest BCUT2D eigenvalue weighted by molar-refractivity contribution is 9.10. The first-order valence-electron chi connectivity index (χ1n) is 9.84. The molecule has 3 rings (SSSR count). The van der Waals surface area contributed by atoms with Crippen LogP contribution in [0.2, 0.25) is 5.02 Å². The van der Waals surface area contributed by atoms with Gasteiger partial charge in [0.2, 0.25) is 0 Å². The summed E-state index contributed by atoms with van der Waals surface area (Å²) in [4.78, 5) is 27.3. The summed E-state index contributed by atoms with van der Waals surface area (Å²) in [5.41, 5.74) is 1.09. The number of halogens is 2. The van der Waals surface area contributed by atoms with Crippen molar-refractivity contribution in [2.45, 2.75) is 19.4 Å². The first kappa shape index (κ1) is 23.3. The van der Waals surface area contributed by atoms with Crippen LogP contribution in [0.1, 0.15) is 30.5 Å². The average molecular weight is 509 g/mol. The maximum Gasteiger partial charge on any atom is 0.295 e. The van der Waals surface area contributed by atoms with Crippen LogP contribution < -0.4 is 4.74 Å². The lowest BCUT2D eigenvalue weighted by Gasteiger charge is -2.25. The largest absolute Gasteiger partial charge is 0.507 e. The minimum absolute atomic E-state index is 0.0324. The van der Waals surface area contributed by atoms with E-state index in [0.717, 1.165) is 10.0 Å². The van der Waals surface area contributed by atoms with Gasteiger partial charge in [-0.1, -0.05) is 39.7 Å². The minimum Gasteiger partial charge on any atom is -0.507 e. The van der Waals surface area contributed by atoms with Gasteiger partial charge in [0.1, 0.15) is 11.5 Å². The molecule has 1 N–H and O–H groups in total. The number of rotatable bonds is 8. The number of likely N-dealkylation sites (tertiary alicyclic amines) is 1. The molecule has 1 aliphatic heterocycles. The summed E-state index contributed by atoms with van der Waals surface area (Å²) < 4.78 is 11.4. The summed E-state index contributed by atoms with van der Waals surface area (Å²) in [6.07, 6.45) is 0.561. The van der Waals surface area contributed by atoms with Gasteiger partial charge in [0.05, 0.1) is 23.2 Å². The Hall–Kier alpha value is -2.35. The minimum atomic E-state index is -0.729. The summed E-state index contributed by atoms with van der Waals surface area (Å²) in [5, 5.41) is 11.4. The molecule has 8 heteroatoms. The lowest BCUT2D eigenvalue weighted by atomic mass is 9.95. The second-order valence-corrected chi connectivity index (χ2v) is 8.29. The fourth-order valence-corrected chi connectivity index (χ4v) is 4.06. The van der Waals surface area contributed by atoms with Crippen LogP contribution >= 0.6 is 27.5 Å². The van der Waals surface area contributed by atoms with Gasteiger partial charge >= 0.3 is 0 Å². The predicted octanol–water partition coefficient (Wildman–Crippen LogP) is 4.96. The van der Waals surface area contributed by atoms with E-state index in [1.165, 1.54) is 11.0 Å². The normalized spacial score (nSPS) is 17.9. The molecule has 1 atom stereocenters. The number of amides is 1. The number of nitrogens with zero attached hydrogens (tertiary/aromatic N) is 1. The van der Waals surface area contributed by atoms with Crippen molar-refractivity contribution in [2.75, 3.05) is 26.9 Å². The highest BCUT2D eigenvalue weighted by Crippen LogP contribution is 2.40. The van der Waals surface area contributed by atoms with Crippen molar-refractivity contribution < 1.29 is 24.2 Å². The molecular weight excluding hydrogens is 486 g/mol. The van der Waals surface area contributed by atoms with Crippen LogP contribution in [0.15, 0.2) is 52.5 Å². The van der Waals surface area contributed by atoms with Gasteiger partial charge in [0.25, 0.3) is 11.7 Å². The molecule has 0 aliphatic carbocycles. The lowest BCUT2D eigenvalue weighted by Crippen LogP contribution is -2.31. The summed E-state index contributed by atoms with van der Waals surface area (Å²) in [5.74, 6) is -1.17. The third kappa shape index (κ3) is 4.95. The Balaban J connectivity index is 2.10. The molecule has 0 spiro atoms. The Morgan fingerprint density at radius 1 is 1.19 bits per heavy atom. The second-order valence-electron chi connectivity index (χ2n) is 6.97. The molecule has 6 nitrogen and oxygen atoms in total. The zero-order chi connectivity index (χ0) is 22.5. The molecule has 1 heterocycles. The highest BCUT2D eigenvalue weighted by atomic mass is 79.9. The second kappa shape index (κ2) is 10.3. The third-order valence-corrected chi connectivity index (χ3v) is 5.80. The van der Waals surface area contributed by atoms with Crippen molar-refractivity contribution in [1.82, 2.24) is 4.90 Å². The first-order valence-corrected chi connectivity index (χ1v) is 11.0. The van der Waals surface area contributed by atoms with Crippen molar-refractivity contribution in [3.05, 3.63) is 68.7 Å². The van der Waals surface area contributed by atoms with E-state index < -0.39 is 17.7 Å². The summed E-state index contributed by atoms with van der Waals surface area (Å²) in [6, 6.07) is 11.4. The molecule has 0 aromatic heterocycles. The molecule has 1 amide bonds. The van der Waals surface area contributed by atoms with Gasteiger partial charge in [-0.15, -0.1) is 0 Å². The average Bonchev–Trinajstić information content (AvgIpc) is 3.00. The van der Waals surface area contributed by atoms with Gasteiger partial charge < -0.3 is 19.5 Å². The number of hydrogen-bond acceptors (Lipinski definition) is 5. The molecular formula is C23H23BrClNO5. The molecule has 1 saturated heterocycles. The summed E-state index contributed by atoms with van der Waals surface area (Å²) in [7, 11) is 1.58. The zero-order valence-corrected chi connectivity index (χ0v) is 19.6. The quantitative estimate of drug-likeness (QED) is 0.236. The molecule has 1 aliphatic rings. The van der Waals surface area contributed by atoms with E-state index in [4.69, 9.17) is 21.1 Å². The van der Waals surface area contributed by atoms with Gasteiger partial charge in [-0.2, -0.15) is 0 Å². The number of hydrogen-bond donors (Lipinski definition) is 1. The molecule has 2 aromatic rings. The Bertz CT molecular complexity index is 1010. The van der Waals surface area contributed by atoms with Gasteiger partial charge in [-0.25, -0.2) is 0 Å². The standard InChI is InChI=1S/C23H23BrClNO5/c1-3-31-18-10-7-15(13-17(18)25)21(27)19-20(14-5-8-16(24)9-6-14)26(11-4-12-30-2)23(29)22(19)28/h5-10,13,20,27H,3-4,11-12H2,1-2H3/t20-/m1/s1. The number of ether oxygens (including phenoxy) is 2. The van der Waals surface area contributed by atoms with E-state index in [1.807, 2.05) is 31.2 Å². The van der Waals surface area contributed by atoms with Crippen molar-refractivity contribution in [1.29, 1.82) is 0 Å². The molecule has 1 fully saturated rings. The summed E-state index contributed by atoms with van der Waals surface area (Å²) in [6.45, 7) is 3.05. The van der Waals surface area contributed by atoms with Crippen LogP contribution in [-0.4, -0.2) is 48.6 Å². The molecule has 31 heavy (non-hydrogen) atoms. The van der Waals surface area contributed by atoms with E-state index in [-0.39, 0.29) is 11.3 Å². The number of carbonyl (C=O) groups excluding carboxylic acids is 2. The van der Waals surface area contributed by atoms with Crippen LogP contribution in [-0.2, 0) is 14.3 Å². The molecule has 0 bridgehead atoms. The zero-order valence-electron chi connectivity index (χ0n) is 17.2. The fraction of sp³-hybridized carbons (Fsp3) is 0.304. The van der Waals surface area contributed by atoms with Crippen molar-refractivity contribution in [2.24, 2.45) is 0 Å². The van der Waals surface area contributed by atoms with Gasteiger partial charge in [0.15, 0.2) is 0 Å². The Morgan fingerprint density at radius 2 is 1.90 bits per heavy atom. The Kier molecular flexibility index (Phi) is 7.75. The van der Waals surface area contributed by atoms with E-state index in [1.54, 1.807) is 19.2 Å². The van der Waals surface area contributed by atoms with E-state index in [2.05, 4.69) is 15.9 Å². The number of aliphatic hydroxyl groups is 1. The van der Waals surface area contributed by atoms with Crippen molar-refractivity contribution in [3.63, 3.8) is 0 Å². The SMILES string of the molecule is CCOc1ccc(C(O)=C2C(=O)C(=O)N(CCCOC)[C@@H]2c2ccc(Br)cc2)cc1Cl. The number of methoxy groups -OCH3 is 1. The maximum atomic E-state index is 13.0. The molecule has 2 aromatic carbocycles. The van der Waals surface area contributed by atoms with Gasteiger partial charge in [0, 0.05) is 30.3 Å². The topological polar surface area (TPSA) is 76.1 Å². The van der Waals surface area contributed by atoms with E-state index >= 15 is 0 Å². The first-order chi connectivity index (χ1) is 14.9. The maximum absolute atomic E-state index is 13.0. The number of carbonyl (C=O) groups is 2. The number of aliphatic hydroxyl groups excluding tert-OH is 1.